The lowest BCUT2D eigenvalue weighted by Gasteiger charge is -2.19. The summed E-state index contributed by atoms with van der Waals surface area (Å²) in [5.74, 6) is -0.925. The fourth-order valence-electron chi connectivity index (χ4n) is 1.82. The van der Waals surface area contributed by atoms with Gasteiger partial charge in [0.1, 0.15) is 0 Å². The van der Waals surface area contributed by atoms with Gasteiger partial charge in [-0.1, -0.05) is 11.5 Å². The van der Waals surface area contributed by atoms with Crippen LogP contribution in [0.5, 0.6) is 5.75 Å². The highest BCUT2D eigenvalue weighted by atomic mass is 19.4. The van der Waals surface area contributed by atoms with Crippen LogP contribution in [-0.4, -0.2) is 26.7 Å². The Balaban J connectivity index is 2.58. The maximum absolute atomic E-state index is 12.8. The highest BCUT2D eigenvalue weighted by molar-refractivity contribution is 6.74. The average Bonchev–Trinajstić information content (AvgIpc) is 2.72. The van der Waals surface area contributed by atoms with Crippen molar-refractivity contribution in [2.75, 3.05) is 13.7 Å². The van der Waals surface area contributed by atoms with E-state index in [0.717, 1.165) is 13.2 Å². The molecule has 0 amide bonds. The van der Waals surface area contributed by atoms with Crippen molar-refractivity contribution in [3.05, 3.63) is 23.3 Å². The van der Waals surface area contributed by atoms with Gasteiger partial charge in [0.05, 0.1) is 25.0 Å². The Kier molecular flexibility index (Phi) is 2.77. The Hall–Kier alpha value is -1.66. The Morgan fingerprint density at radius 1 is 1.41 bits per heavy atom. The van der Waals surface area contributed by atoms with Crippen molar-refractivity contribution < 1.29 is 27.2 Å². The molecule has 0 saturated carbocycles. The van der Waals surface area contributed by atoms with Crippen LogP contribution in [0.15, 0.2) is 12.1 Å². The number of ether oxygens (including phenoxy) is 2. The summed E-state index contributed by atoms with van der Waals surface area (Å²) in [6, 6.07) is 2.18. The van der Waals surface area contributed by atoms with Crippen molar-refractivity contribution in [1.82, 2.24) is 0 Å². The molecule has 1 aromatic rings. The lowest BCUT2D eigenvalue weighted by molar-refractivity contribution is 0.0601. The third kappa shape index (κ3) is 2.09. The molecule has 3 nitrogen and oxygen atoms in total. The molecule has 7 heteroatoms. The Labute approximate surface area is 95.6 Å². The maximum Gasteiger partial charge on any atom is 0.513 e. The molecule has 0 bridgehead atoms. The van der Waals surface area contributed by atoms with Gasteiger partial charge in [0, 0.05) is 6.42 Å². The molecule has 0 aliphatic carbocycles. The predicted molar refractivity (Wildman–Crippen MR) is 55.7 cm³/mol. The highest BCUT2D eigenvalue weighted by Gasteiger charge is 2.33. The van der Waals surface area contributed by atoms with E-state index in [1.165, 1.54) is 6.07 Å². The van der Waals surface area contributed by atoms with Gasteiger partial charge in [-0.25, -0.2) is 4.79 Å². The monoisotopic (exact) mass is 245 g/mol. The Bertz CT molecular complexity index is 471. The van der Waals surface area contributed by atoms with Gasteiger partial charge in [0.15, 0.2) is 0 Å². The first kappa shape index (κ1) is 11.8. The SMILES string of the molecule is COC(=O)c1cc2c(c([B-](F)(F)F)c1)OCC2. The fraction of sp³-hybridized carbons (Fsp3) is 0.300. The molecule has 0 N–H and O–H groups in total. The van der Waals surface area contributed by atoms with Crippen molar-refractivity contribution >= 4 is 18.4 Å². The largest absolute Gasteiger partial charge is 0.513 e. The van der Waals surface area contributed by atoms with Gasteiger partial charge in [0.2, 0.25) is 0 Å². The second-order valence-electron chi connectivity index (χ2n) is 3.72. The van der Waals surface area contributed by atoms with E-state index in [4.69, 9.17) is 4.74 Å². The van der Waals surface area contributed by atoms with Gasteiger partial charge in [-0.05, 0) is 11.6 Å². The summed E-state index contributed by atoms with van der Waals surface area (Å²) in [6.07, 6.45) is 0.374. The summed E-state index contributed by atoms with van der Waals surface area (Å²) in [5, 5.41) is 0. The normalized spacial score (nSPS) is 14.1. The molecule has 1 aliphatic heterocycles. The van der Waals surface area contributed by atoms with E-state index in [2.05, 4.69) is 4.74 Å². The zero-order valence-corrected chi connectivity index (χ0v) is 9.00. The van der Waals surface area contributed by atoms with Crippen LogP contribution < -0.4 is 10.2 Å². The van der Waals surface area contributed by atoms with Crippen LogP contribution >= 0.6 is 0 Å². The minimum Gasteiger partial charge on any atom is -0.496 e. The molecule has 0 fully saturated rings. The number of carbonyl (C=O) groups is 1. The van der Waals surface area contributed by atoms with Crippen LogP contribution in [0, 0.1) is 0 Å². The highest BCUT2D eigenvalue weighted by Crippen LogP contribution is 2.28. The number of fused-ring (bicyclic) bond motifs is 1. The molecular formula is C10H9BF3O3-. The molecule has 1 heterocycles. The molecule has 0 spiro atoms. The van der Waals surface area contributed by atoms with Gasteiger partial charge in [-0.2, -0.15) is 0 Å². The van der Waals surface area contributed by atoms with E-state index in [-0.39, 0.29) is 17.9 Å². The molecule has 0 radical (unpaired) electrons. The van der Waals surface area contributed by atoms with Crippen molar-refractivity contribution in [2.24, 2.45) is 0 Å². The minimum absolute atomic E-state index is 0.0917. The summed E-state index contributed by atoms with van der Waals surface area (Å²) in [5.41, 5.74) is -0.548. The molecule has 1 aromatic carbocycles. The summed E-state index contributed by atoms with van der Waals surface area (Å²) < 4.78 is 47.9. The number of halogens is 3. The third-order valence-corrected chi connectivity index (χ3v) is 2.59. The van der Waals surface area contributed by atoms with E-state index in [1.54, 1.807) is 0 Å². The number of methoxy groups -OCH3 is 1. The molecule has 0 saturated heterocycles. The van der Waals surface area contributed by atoms with E-state index in [9.17, 15) is 17.7 Å². The number of carbonyl (C=O) groups excluding carboxylic acids is 1. The number of hydrogen-bond acceptors (Lipinski definition) is 3. The third-order valence-electron chi connectivity index (χ3n) is 2.59. The first-order valence-electron chi connectivity index (χ1n) is 5.01. The van der Waals surface area contributed by atoms with Gasteiger partial charge < -0.3 is 22.4 Å². The topological polar surface area (TPSA) is 35.5 Å². The lowest BCUT2D eigenvalue weighted by Crippen LogP contribution is -2.35. The van der Waals surface area contributed by atoms with Crippen molar-refractivity contribution in [3.63, 3.8) is 0 Å². The molecule has 17 heavy (non-hydrogen) atoms. The summed E-state index contributed by atoms with van der Waals surface area (Å²) >= 11 is 0. The summed E-state index contributed by atoms with van der Waals surface area (Å²) in [4.78, 5) is 11.3. The van der Waals surface area contributed by atoms with Gasteiger partial charge in [0.25, 0.3) is 0 Å². The van der Waals surface area contributed by atoms with Crippen LogP contribution in [-0.2, 0) is 11.2 Å². The zero-order chi connectivity index (χ0) is 12.6. The molecule has 2 rings (SSSR count). The van der Waals surface area contributed by atoms with Crippen LogP contribution in [0.25, 0.3) is 0 Å². The fourth-order valence-corrected chi connectivity index (χ4v) is 1.82. The summed E-state index contributed by atoms with van der Waals surface area (Å²) in [6.45, 7) is -5.00. The standard InChI is InChI=1S/C10H9BF3O3/c1-16-10(15)7-4-6-2-3-17-9(6)8(5-7)11(12,13)14/h4-5H,2-3H2,1H3/q-1. The van der Waals surface area contributed by atoms with E-state index < -0.39 is 18.4 Å². The van der Waals surface area contributed by atoms with Crippen LogP contribution in [0.3, 0.4) is 0 Å². The lowest BCUT2D eigenvalue weighted by atomic mass is 9.77. The molecule has 1 aliphatic rings. The van der Waals surface area contributed by atoms with E-state index in [0.29, 0.717) is 12.0 Å². The average molecular weight is 245 g/mol. The Morgan fingerprint density at radius 2 is 2.12 bits per heavy atom. The van der Waals surface area contributed by atoms with Crippen molar-refractivity contribution in [3.8, 4) is 5.75 Å². The zero-order valence-electron chi connectivity index (χ0n) is 9.00. The quantitative estimate of drug-likeness (QED) is 0.584. The van der Waals surface area contributed by atoms with Crippen LogP contribution in [0.1, 0.15) is 15.9 Å². The summed E-state index contributed by atoms with van der Waals surface area (Å²) in [7, 11) is 1.13. The molecule has 0 aromatic heterocycles. The minimum atomic E-state index is -5.20. The first-order valence-corrected chi connectivity index (χ1v) is 5.01. The Morgan fingerprint density at radius 3 is 2.71 bits per heavy atom. The second-order valence-corrected chi connectivity index (χ2v) is 3.72. The molecule has 0 atom stereocenters. The van der Waals surface area contributed by atoms with Gasteiger partial charge in [-0.15, -0.1) is 0 Å². The number of benzene rings is 1. The molecule has 92 valence electrons. The maximum atomic E-state index is 12.8. The van der Waals surface area contributed by atoms with Crippen LogP contribution in [0.2, 0.25) is 0 Å². The number of esters is 1. The van der Waals surface area contributed by atoms with Gasteiger partial charge in [-0.3, -0.25) is 0 Å². The second kappa shape index (κ2) is 3.98. The predicted octanol–water partition coefficient (Wildman–Crippen LogP) is 1.46. The van der Waals surface area contributed by atoms with Crippen LogP contribution in [0.4, 0.5) is 12.9 Å². The number of hydrogen-bond donors (Lipinski definition) is 0. The van der Waals surface area contributed by atoms with Crippen molar-refractivity contribution in [2.45, 2.75) is 6.42 Å². The number of rotatable bonds is 2. The molecular weight excluding hydrogens is 236 g/mol. The molecule has 0 unspecified atom stereocenters. The van der Waals surface area contributed by atoms with Gasteiger partial charge >= 0.3 is 12.9 Å². The smallest absolute Gasteiger partial charge is 0.496 e. The van der Waals surface area contributed by atoms with E-state index in [1.807, 2.05) is 0 Å². The van der Waals surface area contributed by atoms with E-state index >= 15 is 0 Å². The first-order chi connectivity index (χ1) is 7.93. The van der Waals surface area contributed by atoms with Crippen molar-refractivity contribution in [1.29, 1.82) is 0 Å².